The first-order valence-electron chi connectivity index (χ1n) is 7.59. The summed E-state index contributed by atoms with van der Waals surface area (Å²) < 4.78 is 0. The van der Waals surface area contributed by atoms with Crippen LogP contribution in [0.4, 0.5) is 11.4 Å². The summed E-state index contributed by atoms with van der Waals surface area (Å²) in [7, 11) is 0. The number of hydrogen-bond donors (Lipinski definition) is 1. The molecule has 0 aliphatic carbocycles. The standard InChI is InChI=1S/C19H17N3O2/c1-13-18(12-15-6-4-3-5-7-15)19(24)22(21-13)17-10-8-16(9-11-17)20-14(2)23/h3-12H,1-2H3,(H,20,23)/b18-12+. The minimum atomic E-state index is -0.163. The Morgan fingerprint density at radius 2 is 1.75 bits per heavy atom. The third-order valence-electron chi connectivity index (χ3n) is 3.61. The van der Waals surface area contributed by atoms with E-state index in [1.165, 1.54) is 11.9 Å². The van der Waals surface area contributed by atoms with Crippen molar-refractivity contribution in [3.63, 3.8) is 0 Å². The topological polar surface area (TPSA) is 61.8 Å². The van der Waals surface area contributed by atoms with Crippen molar-refractivity contribution < 1.29 is 9.59 Å². The van der Waals surface area contributed by atoms with Gasteiger partial charge >= 0.3 is 0 Å². The molecule has 120 valence electrons. The first-order chi connectivity index (χ1) is 11.5. The van der Waals surface area contributed by atoms with Gasteiger partial charge in [0.15, 0.2) is 0 Å². The fraction of sp³-hybridized carbons (Fsp3) is 0.105. The second-order valence-electron chi connectivity index (χ2n) is 5.50. The van der Waals surface area contributed by atoms with Gasteiger partial charge in [-0.05, 0) is 42.8 Å². The molecular formula is C19H17N3O2. The lowest BCUT2D eigenvalue weighted by Crippen LogP contribution is -2.21. The molecule has 0 spiro atoms. The number of nitrogens with one attached hydrogen (secondary N) is 1. The quantitative estimate of drug-likeness (QED) is 0.881. The van der Waals surface area contributed by atoms with Crippen molar-refractivity contribution in [1.29, 1.82) is 0 Å². The van der Waals surface area contributed by atoms with Crippen LogP contribution >= 0.6 is 0 Å². The van der Waals surface area contributed by atoms with Gasteiger partial charge in [-0.25, -0.2) is 0 Å². The van der Waals surface area contributed by atoms with Crippen LogP contribution in [0.2, 0.25) is 0 Å². The van der Waals surface area contributed by atoms with Gasteiger partial charge in [0, 0.05) is 12.6 Å². The Balaban J connectivity index is 1.85. The Morgan fingerprint density at radius 3 is 2.38 bits per heavy atom. The van der Waals surface area contributed by atoms with Gasteiger partial charge in [-0.15, -0.1) is 0 Å². The second-order valence-corrected chi connectivity index (χ2v) is 5.50. The van der Waals surface area contributed by atoms with Crippen LogP contribution in [0, 0.1) is 0 Å². The molecule has 1 aliphatic heterocycles. The van der Waals surface area contributed by atoms with Crippen molar-refractivity contribution in [2.24, 2.45) is 5.10 Å². The number of carbonyl (C=O) groups is 2. The monoisotopic (exact) mass is 319 g/mol. The SMILES string of the molecule is CC(=O)Nc1ccc(N2N=C(C)/C(=C\c3ccccc3)C2=O)cc1. The number of benzene rings is 2. The third kappa shape index (κ3) is 3.25. The molecule has 2 amide bonds. The van der Waals surface area contributed by atoms with Gasteiger partial charge in [0.2, 0.25) is 5.91 Å². The van der Waals surface area contributed by atoms with Crippen molar-refractivity contribution in [1.82, 2.24) is 0 Å². The number of carbonyl (C=O) groups excluding carboxylic acids is 2. The van der Waals surface area contributed by atoms with Crippen molar-refractivity contribution in [2.75, 3.05) is 10.3 Å². The van der Waals surface area contributed by atoms with Crippen LogP contribution in [-0.2, 0) is 9.59 Å². The highest BCUT2D eigenvalue weighted by Gasteiger charge is 2.28. The highest BCUT2D eigenvalue weighted by Crippen LogP contribution is 2.26. The zero-order valence-electron chi connectivity index (χ0n) is 13.5. The molecule has 2 aromatic rings. The first kappa shape index (κ1) is 15.7. The minimum absolute atomic E-state index is 0.137. The summed E-state index contributed by atoms with van der Waals surface area (Å²) in [6, 6.07) is 16.7. The summed E-state index contributed by atoms with van der Waals surface area (Å²) in [5, 5.41) is 8.42. The largest absolute Gasteiger partial charge is 0.326 e. The van der Waals surface area contributed by atoms with Crippen LogP contribution in [0.15, 0.2) is 65.3 Å². The van der Waals surface area contributed by atoms with Gasteiger partial charge in [-0.1, -0.05) is 30.3 Å². The van der Waals surface area contributed by atoms with E-state index >= 15 is 0 Å². The second kappa shape index (κ2) is 6.50. The molecule has 3 rings (SSSR count). The number of nitrogens with zero attached hydrogens (tertiary/aromatic N) is 2. The van der Waals surface area contributed by atoms with E-state index < -0.39 is 0 Å². The maximum Gasteiger partial charge on any atom is 0.280 e. The van der Waals surface area contributed by atoms with E-state index in [9.17, 15) is 9.59 Å². The molecule has 0 aromatic heterocycles. The molecule has 0 saturated heterocycles. The fourth-order valence-electron chi connectivity index (χ4n) is 2.46. The number of anilines is 2. The fourth-order valence-corrected chi connectivity index (χ4v) is 2.46. The van der Waals surface area contributed by atoms with E-state index in [2.05, 4.69) is 10.4 Å². The van der Waals surface area contributed by atoms with E-state index in [1.807, 2.05) is 43.3 Å². The van der Waals surface area contributed by atoms with Gasteiger partial charge in [-0.2, -0.15) is 10.1 Å². The molecule has 5 heteroatoms. The molecule has 0 unspecified atom stereocenters. The minimum Gasteiger partial charge on any atom is -0.326 e. The molecule has 1 N–H and O–H groups in total. The van der Waals surface area contributed by atoms with Crippen molar-refractivity contribution in [2.45, 2.75) is 13.8 Å². The molecule has 0 atom stereocenters. The summed E-state index contributed by atoms with van der Waals surface area (Å²) in [6.45, 7) is 3.27. The predicted molar refractivity (Wildman–Crippen MR) is 95.8 cm³/mol. The summed E-state index contributed by atoms with van der Waals surface area (Å²) in [5.41, 5.74) is 3.55. The lowest BCUT2D eigenvalue weighted by atomic mass is 10.1. The van der Waals surface area contributed by atoms with Crippen LogP contribution in [0.1, 0.15) is 19.4 Å². The Bertz CT molecular complexity index is 837. The average molecular weight is 319 g/mol. The number of rotatable bonds is 3. The van der Waals surface area contributed by atoms with Crippen LogP contribution in [0.3, 0.4) is 0 Å². The lowest BCUT2D eigenvalue weighted by Gasteiger charge is -2.12. The third-order valence-corrected chi connectivity index (χ3v) is 3.61. The lowest BCUT2D eigenvalue weighted by molar-refractivity contribution is -0.115. The Hall–Kier alpha value is -3.21. The van der Waals surface area contributed by atoms with Crippen molar-refractivity contribution in [3.05, 3.63) is 65.7 Å². The summed E-state index contributed by atoms with van der Waals surface area (Å²) in [4.78, 5) is 23.7. The maximum absolute atomic E-state index is 12.7. The molecule has 0 fully saturated rings. The Morgan fingerprint density at radius 1 is 1.08 bits per heavy atom. The molecule has 1 heterocycles. The van der Waals surface area contributed by atoms with Crippen LogP contribution in [0.5, 0.6) is 0 Å². The van der Waals surface area contributed by atoms with E-state index in [0.717, 1.165) is 5.56 Å². The molecule has 0 radical (unpaired) electrons. The molecular weight excluding hydrogens is 302 g/mol. The maximum atomic E-state index is 12.7. The predicted octanol–water partition coefficient (Wildman–Crippen LogP) is 3.45. The van der Waals surface area contributed by atoms with Gasteiger partial charge < -0.3 is 5.32 Å². The smallest absolute Gasteiger partial charge is 0.280 e. The van der Waals surface area contributed by atoms with E-state index in [1.54, 1.807) is 24.3 Å². The highest BCUT2D eigenvalue weighted by molar-refractivity contribution is 6.32. The van der Waals surface area contributed by atoms with Crippen LogP contribution < -0.4 is 10.3 Å². The Kier molecular flexibility index (Phi) is 4.24. The van der Waals surface area contributed by atoms with Crippen molar-refractivity contribution in [3.8, 4) is 0 Å². The molecule has 0 saturated carbocycles. The summed E-state index contributed by atoms with van der Waals surface area (Å²) in [6.07, 6.45) is 1.84. The molecule has 24 heavy (non-hydrogen) atoms. The zero-order chi connectivity index (χ0) is 17.1. The van der Waals surface area contributed by atoms with Crippen molar-refractivity contribution >= 4 is 35.0 Å². The summed E-state index contributed by atoms with van der Waals surface area (Å²) >= 11 is 0. The van der Waals surface area contributed by atoms with Gasteiger partial charge in [-0.3, -0.25) is 9.59 Å². The van der Waals surface area contributed by atoms with Gasteiger partial charge in [0.05, 0.1) is 17.0 Å². The molecule has 5 nitrogen and oxygen atoms in total. The van der Waals surface area contributed by atoms with E-state index in [0.29, 0.717) is 22.7 Å². The van der Waals surface area contributed by atoms with Gasteiger partial charge in [0.25, 0.3) is 5.91 Å². The molecule has 1 aliphatic rings. The average Bonchev–Trinajstić information content (AvgIpc) is 2.84. The number of hydrazone groups is 1. The van der Waals surface area contributed by atoms with E-state index in [-0.39, 0.29) is 11.8 Å². The molecule has 2 aromatic carbocycles. The number of amides is 2. The summed E-state index contributed by atoms with van der Waals surface area (Å²) in [5.74, 6) is -0.300. The number of hydrogen-bond acceptors (Lipinski definition) is 3. The zero-order valence-corrected chi connectivity index (χ0v) is 13.5. The van der Waals surface area contributed by atoms with Gasteiger partial charge in [0.1, 0.15) is 0 Å². The van der Waals surface area contributed by atoms with Crippen LogP contribution in [0.25, 0.3) is 6.08 Å². The van der Waals surface area contributed by atoms with E-state index in [4.69, 9.17) is 0 Å². The van der Waals surface area contributed by atoms with Crippen LogP contribution in [-0.4, -0.2) is 17.5 Å². The Labute approximate surface area is 140 Å². The normalized spacial score (nSPS) is 15.6. The highest BCUT2D eigenvalue weighted by atomic mass is 16.2. The molecule has 0 bridgehead atoms. The first-order valence-corrected chi connectivity index (χ1v) is 7.59.